The van der Waals surface area contributed by atoms with Gasteiger partial charge in [0.2, 0.25) is 5.78 Å². The highest BCUT2D eigenvalue weighted by atomic mass is 32.1. The first-order valence-corrected chi connectivity index (χ1v) is 20.9. The minimum Gasteiger partial charge on any atom is -0.481 e. The molecule has 6 aromatic rings. The second-order valence-electron chi connectivity index (χ2n) is 16.0. The van der Waals surface area contributed by atoms with Gasteiger partial charge >= 0.3 is 60.4 Å². The molecule has 4 nitrogen and oxygen atoms in total. The number of aromatic nitrogens is 1. The van der Waals surface area contributed by atoms with Crippen LogP contribution in [0.4, 0.5) is 105 Å². The number of alkyl halides is 24. The SMILES string of the molecule is FC(F)(F)c1cc([B-](c2cc(C(F)(F)F)cc(C(F)(F)F)c2)(c2cc(C(F)(F)F)cc(C(F)(F)F)c2)c2cc(C(F)(F)F)cc(C(F)(F)F)c2)cc(C(F)(F)F)c1.O=C(O)CC(=O)c1scc[n+]1Cc1ccccc1. The van der Waals surface area contributed by atoms with E-state index in [0.717, 1.165) is 5.56 Å². The minimum absolute atomic E-state index is 0.353. The minimum atomic E-state index is -6.13. The number of carbonyl (C=O) groups is 2. The zero-order valence-electron chi connectivity index (χ0n) is 36.2. The van der Waals surface area contributed by atoms with Gasteiger partial charge in [0.05, 0.1) is 49.9 Å². The van der Waals surface area contributed by atoms with E-state index in [9.17, 15) is 115 Å². The van der Waals surface area contributed by atoms with Crippen LogP contribution in [0.3, 0.4) is 0 Å². The lowest BCUT2D eigenvalue weighted by Gasteiger charge is -2.46. The van der Waals surface area contributed by atoms with E-state index < -0.39 is 207 Å². The van der Waals surface area contributed by atoms with E-state index in [1.54, 1.807) is 16.1 Å². The molecule has 0 atom stereocenters. The number of benzene rings is 5. The maximum absolute atomic E-state index is 14.2. The fourth-order valence-corrected chi connectivity index (χ4v) is 8.52. The van der Waals surface area contributed by atoms with Gasteiger partial charge in [-0.1, -0.05) is 90.2 Å². The summed E-state index contributed by atoms with van der Waals surface area (Å²) in [5.74, 6) is -1.45. The van der Waals surface area contributed by atoms with Crippen molar-refractivity contribution in [2.24, 2.45) is 0 Å². The molecule has 1 N–H and O–H groups in total. The number of halogens is 24. The summed E-state index contributed by atoms with van der Waals surface area (Å²) >= 11 is 1.27. The van der Waals surface area contributed by atoms with E-state index in [4.69, 9.17) is 5.11 Å². The van der Waals surface area contributed by atoms with Crippen LogP contribution in [0.15, 0.2) is 115 Å². The summed E-state index contributed by atoms with van der Waals surface area (Å²) in [7, 11) is 0. The van der Waals surface area contributed by atoms with Crippen molar-refractivity contribution in [1.82, 2.24) is 0 Å². The third-order valence-electron chi connectivity index (χ3n) is 10.9. The van der Waals surface area contributed by atoms with Gasteiger partial charge in [-0.15, -0.1) is 0 Å². The van der Waals surface area contributed by atoms with Crippen LogP contribution < -0.4 is 26.4 Å². The number of rotatable bonds is 9. The second-order valence-corrected chi connectivity index (χ2v) is 16.9. The van der Waals surface area contributed by atoms with Gasteiger partial charge in [0.1, 0.15) is 12.6 Å². The first-order valence-electron chi connectivity index (χ1n) is 20.0. The number of carboxylic acid groups (broad SMARTS) is 1. The molecule has 5 aromatic carbocycles. The molecule has 1 aromatic heterocycles. The van der Waals surface area contributed by atoms with Crippen LogP contribution in [-0.4, -0.2) is 23.0 Å². The lowest BCUT2D eigenvalue weighted by Crippen LogP contribution is -2.75. The molecular weight excluding hydrogens is 1100 g/mol. The van der Waals surface area contributed by atoms with E-state index in [0.29, 0.717) is 11.6 Å². The predicted octanol–water partition coefficient (Wildman–Crippen LogP) is 13.0. The standard InChI is InChI=1S/C32H12BF24.C13H11NO3S/c34-25(35,36)13-1-14(26(37,38)39)6-21(5-13)33(22-7-15(27(40,41)42)2-16(8-22)28(43,44)45,23-9-17(29(46,47)48)3-18(10-23)30(49,50)51)24-11-19(31(52,53)54)4-20(12-24)32(55,56)57;15-11(8-12(16)17)13-14(6-7-18-13)9-10-4-2-1-3-5-10/h1-12H;1-7H,8-9H2/q-1;/p+1. The third-order valence-corrected chi connectivity index (χ3v) is 11.8. The number of hydrogen-bond acceptors (Lipinski definition) is 3. The lowest BCUT2D eigenvalue weighted by atomic mass is 9.12. The van der Waals surface area contributed by atoms with Gasteiger partial charge in [-0.3, -0.25) is 9.59 Å². The zero-order chi connectivity index (χ0) is 56.9. The maximum atomic E-state index is 14.2. The van der Waals surface area contributed by atoms with E-state index in [1.165, 1.54) is 11.3 Å². The molecule has 0 aliphatic carbocycles. The van der Waals surface area contributed by atoms with Gasteiger partial charge in [0, 0.05) is 5.56 Å². The summed E-state index contributed by atoms with van der Waals surface area (Å²) in [5, 5.41) is 10.9. The number of hydrogen-bond donors (Lipinski definition) is 1. The van der Waals surface area contributed by atoms with E-state index in [1.807, 2.05) is 30.3 Å². The van der Waals surface area contributed by atoms with Crippen LogP contribution in [0.2, 0.25) is 0 Å². The van der Waals surface area contributed by atoms with Crippen LogP contribution in [-0.2, 0) is 60.7 Å². The highest BCUT2D eigenvalue weighted by Gasteiger charge is 2.47. The average Bonchev–Trinajstić information content (AvgIpc) is 3.72. The predicted molar refractivity (Wildman–Crippen MR) is 217 cm³/mol. The van der Waals surface area contributed by atoms with Crippen LogP contribution >= 0.6 is 11.3 Å². The van der Waals surface area contributed by atoms with Gasteiger partial charge in [0.25, 0.3) is 0 Å². The largest absolute Gasteiger partial charge is 0.481 e. The molecule has 0 saturated heterocycles. The number of thiazole rings is 1. The van der Waals surface area contributed by atoms with Crippen molar-refractivity contribution in [3.63, 3.8) is 0 Å². The Hall–Kier alpha value is -6.75. The molecular formula is C45H24BF24NO3S. The Morgan fingerprint density at radius 3 is 0.893 bits per heavy atom. The van der Waals surface area contributed by atoms with E-state index in [2.05, 4.69) is 0 Å². The molecule has 0 bridgehead atoms. The molecule has 404 valence electrons. The number of ketones is 1. The van der Waals surface area contributed by atoms with Crippen LogP contribution in [0.5, 0.6) is 0 Å². The average molecular weight is 1130 g/mol. The van der Waals surface area contributed by atoms with Crippen LogP contribution in [0, 0.1) is 0 Å². The summed E-state index contributed by atoms with van der Waals surface area (Å²) < 4.78 is 343. The Morgan fingerprint density at radius 1 is 0.413 bits per heavy atom. The summed E-state index contributed by atoms with van der Waals surface area (Å²) in [6.07, 6.45) is -53.5. The molecule has 0 aliphatic heterocycles. The summed E-state index contributed by atoms with van der Waals surface area (Å²) in [4.78, 5) is 22.3. The number of Topliss-reactive ketones (excluding diaryl/α,β-unsaturated/α-hetero) is 1. The van der Waals surface area contributed by atoms with Crippen molar-refractivity contribution in [2.75, 3.05) is 0 Å². The van der Waals surface area contributed by atoms with Gasteiger partial charge in [-0.2, -0.15) is 132 Å². The normalized spacial score (nSPS) is 13.3. The van der Waals surface area contributed by atoms with Crippen molar-refractivity contribution < 1.29 is 125 Å². The van der Waals surface area contributed by atoms with Gasteiger partial charge < -0.3 is 5.11 Å². The topological polar surface area (TPSA) is 58.2 Å². The molecule has 0 amide bonds. The quantitative estimate of drug-likeness (QED) is 0.0516. The fourth-order valence-electron chi connectivity index (χ4n) is 7.72. The van der Waals surface area contributed by atoms with E-state index in [-0.39, 0.29) is 5.78 Å². The van der Waals surface area contributed by atoms with Crippen molar-refractivity contribution in [3.8, 4) is 0 Å². The summed E-state index contributed by atoms with van der Waals surface area (Å²) in [6, 6.07) is 0.918. The number of carboxylic acids is 1. The molecule has 30 heteroatoms. The Bertz CT molecular complexity index is 2610. The summed E-state index contributed by atoms with van der Waals surface area (Å²) in [5.41, 5.74) is -29.1. The molecule has 0 saturated carbocycles. The van der Waals surface area contributed by atoms with Gasteiger partial charge in [0.15, 0.2) is 12.7 Å². The molecule has 0 unspecified atom stereocenters. The maximum Gasteiger partial charge on any atom is 0.416 e. The first-order chi connectivity index (χ1) is 33.9. The van der Waals surface area contributed by atoms with E-state index >= 15 is 0 Å². The van der Waals surface area contributed by atoms with Gasteiger partial charge in [-0.25, -0.2) is 0 Å². The molecule has 0 fully saturated rings. The second kappa shape index (κ2) is 20.4. The monoisotopic (exact) mass is 1130 g/mol. The third kappa shape index (κ3) is 14.0. The Morgan fingerprint density at radius 2 is 0.667 bits per heavy atom. The molecule has 6 rings (SSSR count). The Kier molecular flexibility index (Phi) is 16.1. The van der Waals surface area contributed by atoms with Crippen molar-refractivity contribution in [3.05, 3.63) is 170 Å². The molecule has 0 spiro atoms. The number of aliphatic carboxylic acids is 1. The van der Waals surface area contributed by atoms with Crippen molar-refractivity contribution >= 4 is 51.1 Å². The van der Waals surface area contributed by atoms with Gasteiger partial charge in [-0.05, 0) is 24.3 Å². The number of nitrogens with zero attached hydrogens (tertiary/aromatic N) is 1. The Labute approximate surface area is 407 Å². The molecule has 75 heavy (non-hydrogen) atoms. The van der Waals surface area contributed by atoms with Crippen molar-refractivity contribution in [1.29, 1.82) is 0 Å². The van der Waals surface area contributed by atoms with Crippen molar-refractivity contribution in [2.45, 2.75) is 62.4 Å². The first kappa shape index (κ1) is 59.1. The smallest absolute Gasteiger partial charge is 0.416 e. The Balaban J connectivity index is 0.000000483. The molecule has 0 aliphatic rings. The summed E-state index contributed by atoms with van der Waals surface area (Å²) in [6.45, 7) is 0.574. The van der Waals surface area contributed by atoms with Crippen LogP contribution in [0.1, 0.15) is 66.3 Å². The highest BCUT2D eigenvalue weighted by molar-refractivity contribution is 7.20. The van der Waals surface area contributed by atoms with Crippen LogP contribution in [0.25, 0.3) is 0 Å². The lowest BCUT2D eigenvalue weighted by molar-refractivity contribution is -0.685. The fraction of sp³-hybridized carbons (Fsp3) is 0.222. The number of carbonyl (C=O) groups excluding carboxylic acids is 1. The highest BCUT2D eigenvalue weighted by Crippen LogP contribution is 2.41. The molecule has 0 radical (unpaired) electrons. The molecule has 1 heterocycles. The zero-order valence-corrected chi connectivity index (χ0v) is 37.0.